The van der Waals surface area contributed by atoms with E-state index in [0.717, 1.165) is 22.9 Å². The van der Waals surface area contributed by atoms with Crippen molar-refractivity contribution in [1.29, 1.82) is 0 Å². The van der Waals surface area contributed by atoms with Gasteiger partial charge in [0.15, 0.2) is 11.7 Å². The Morgan fingerprint density at radius 3 is 2.35 bits per heavy atom. The first-order valence-electron chi connectivity index (χ1n) is 12.8. The number of amides is 1. The number of anilines is 2. The maximum atomic E-state index is 12.5. The quantitative estimate of drug-likeness (QED) is 0.250. The Bertz CT molecular complexity index is 1590. The Hall–Kier alpha value is -5.02. The fourth-order valence-electron chi connectivity index (χ4n) is 4.84. The zero-order valence-corrected chi connectivity index (χ0v) is 22.2. The fraction of sp³-hybridized carbons (Fsp3) is 0.0968. The Morgan fingerprint density at radius 1 is 0.875 bits per heavy atom. The second kappa shape index (κ2) is 11.4. The van der Waals surface area contributed by atoms with Crippen LogP contribution >= 0.6 is 12.2 Å². The number of benzene rings is 2. The van der Waals surface area contributed by atoms with E-state index in [4.69, 9.17) is 17.0 Å². The van der Waals surface area contributed by atoms with E-state index in [1.807, 2.05) is 103 Å². The molecule has 1 aliphatic heterocycles. The summed E-state index contributed by atoms with van der Waals surface area (Å²) in [6, 6.07) is 32.3. The molecule has 1 saturated heterocycles. The van der Waals surface area contributed by atoms with Gasteiger partial charge in [0, 0.05) is 35.7 Å². The summed E-state index contributed by atoms with van der Waals surface area (Å²) in [5, 5.41) is 6.97. The number of carbonyl (C=O) groups excluding carboxylic acids is 1. The molecule has 2 aromatic carbocycles. The number of nitrogens with zero attached hydrogens (tertiary/aromatic N) is 4. The van der Waals surface area contributed by atoms with Crippen molar-refractivity contribution in [2.24, 2.45) is 0 Å². The van der Waals surface area contributed by atoms with E-state index in [1.165, 1.54) is 0 Å². The lowest BCUT2D eigenvalue weighted by Crippen LogP contribution is -2.30. The molecule has 9 heteroatoms. The molecule has 0 spiro atoms. The van der Waals surface area contributed by atoms with Gasteiger partial charge in [-0.2, -0.15) is 0 Å². The maximum Gasteiger partial charge on any atom is 0.262 e. The van der Waals surface area contributed by atoms with Gasteiger partial charge >= 0.3 is 0 Å². The van der Waals surface area contributed by atoms with Gasteiger partial charge < -0.3 is 24.8 Å². The van der Waals surface area contributed by atoms with Gasteiger partial charge in [-0.15, -0.1) is 0 Å². The number of para-hydroxylation sites is 1. The largest absolute Gasteiger partial charge is 0.484 e. The predicted molar refractivity (Wildman–Crippen MR) is 159 cm³/mol. The summed E-state index contributed by atoms with van der Waals surface area (Å²) in [6.07, 6.45) is 5.57. The summed E-state index contributed by atoms with van der Waals surface area (Å²) in [5.74, 6) is 1.22. The first-order valence-corrected chi connectivity index (χ1v) is 13.3. The van der Waals surface area contributed by atoms with Crippen LogP contribution in [0.15, 0.2) is 122 Å². The van der Waals surface area contributed by atoms with Crippen LogP contribution in [0.4, 0.5) is 11.4 Å². The van der Waals surface area contributed by atoms with Crippen molar-refractivity contribution in [2.75, 3.05) is 16.8 Å². The molecule has 6 rings (SSSR count). The van der Waals surface area contributed by atoms with Crippen molar-refractivity contribution in [3.8, 4) is 11.6 Å². The van der Waals surface area contributed by atoms with Crippen LogP contribution in [0.5, 0.6) is 5.75 Å². The van der Waals surface area contributed by atoms with Crippen LogP contribution in [-0.2, 0) is 4.79 Å². The fourth-order valence-corrected chi connectivity index (χ4v) is 5.19. The summed E-state index contributed by atoms with van der Waals surface area (Å²) in [7, 11) is 0. The third kappa shape index (κ3) is 5.27. The molecular formula is C31H26N6O2S. The van der Waals surface area contributed by atoms with Crippen LogP contribution in [0.1, 0.15) is 23.5 Å². The highest BCUT2D eigenvalue weighted by molar-refractivity contribution is 7.80. The molecular weight excluding hydrogens is 520 g/mol. The van der Waals surface area contributed by atoms with Gasteiger partial charge in [0.25, 0.3) is 5.91 Å². The summed E-state index contributed by atoms with van der Waals surface area (Å²) in [6.45, 7) is -0.0791. The van der Waals surface area contributed by atoms with Crippen molar-refractivity contribution in [3.63, 3.8) is 0 Å². The normalized spacial score (nSPS) is 16.4. The number of nitrogens with one attached hydrogen (secondary N) is 2. The zero-order chi connectivity index (χ0) is 27.3. The Morgan fingerprint density at radius 2 is 1.62 bits per heavy atom. The van der Waals surface area contributed by atoms with Crippen LogP contribution in [-0.4, -0.2) is 32.2 Å². The van der Waals surface area contributed by atoms with E-state index >= 15 is 0 Å². The first-order chi connectivity index (χ1) is 19.7. The van der Waals surface area contributed by atoms with E-state index in [-0.39, 0.29) is 24.6 Å². The number of hydrogen-bond acceptors (Lipinski definition) is 5. The number of aromatic nitrogens is 3. The summed E-state index contributed by atoms with van der Waals surface area (Å²) in [5.41, 5.74) is 3.44. The minimum atomic E-state index is -0.240. The molecule has 0 bridgehead atoms. The molecule has 0 aliphatic carbocycles. The lowest BCUT2D eigenvalue weighted by Gasteiger charge is -2.29. The number of ether oxygens (including phenoxy) is 1. The molecule has 8 nitrogen and oxygen atoms in total. The minimum Gasteiger partial charge on any atom is -0.484 e. The molecule has 1 amide bonds. The topological polar surface area (TPSA) is 84.3 Å². The van der Waals surface area contributed by atoms with E-state index in [2.05, 4.69) is 36.1 Å². The minimum absolute atomic E-state index is 0.0791. The van der Waals surface area contributed by atoms with Gasteiger partial charge in [-0.3, -0.25) is 9.78 Å². The molecule has 2 N–H and O–H groups in total. The van der Waals surface area contributed by atoms with Gasteiger partial charge in [-0.05, 0) is 85.0 Å². The van der Waals surface area contributed by atoms with Crippen LogP contribution in [0.2, 0.25) is 0 Å². The highest BCUT2D eigenvalue weighted by Crippen LogP contribution is 2.42. The number of rotatable bonds is 8. The Labute approximate surface area is 237 Å². The van der Waals surface area contributed by atoms with E-state index in [9.17, 15) is 4.79 Å². The van der Waals surface area contributed by atoms with Crippen molar-refractivity contribution >= 4 is 34.6 Å². The van der Waals surface area contributed by atoms with Gasteiger partial charge in [0.1, 0.15) is 17.6 Å². The summed E-state index contributed by atoms with van der Waals surface area (Å²) >= 11 is 5.87. The second-order valence-electron chi connectivity index (χ2n) is 9.18. The Kier molecular flexibility index (Phi) is 7.19. The molecule has 40 heavy (non-hydrogen) atoms. The second-order valence-corrected chi connectivity index (χ2v) is 9.57. The smallest absolute Gasteiger partial charge is 0.262 e. The molecule has 1 aliphatic rings. The molecule has 0 unspecified atom stereocenters. The summed E-state index contributed by atoms with van der Waals surface area (Å²) in [4.78, 5) is 23.8. The molecule has 2 atom stereocenters. The van der Waals surface area contributed by atoms with Gasteiger partial charge in [-0.25, -0.2) is 4.98 Å². The Balaban J connectivity index is 1.27. The standard InChI is InChI=1S/C31H26N6O2S/c38-28(21-39-24-9-2-1-3-10-24)34-22-14-16-23(17-15-22)37-30(29(35-31(37)40)25-11-4-6-18-32-25)26-12-8-20-36(26)27-13-5-7-19-33-27/h1-20,29-30H,21H2,(H,34,38)(H,35,40)/t29-,30-/m1/s1. The highest BCUT2D eigenvalue weighted by atomic mass is 32.1. The van der Waals surface area contributed by atoms with E-state index in [0.29, 0.717) is 16.5 Å². The van der Waals surface area contributed by atoms with Gasteiger partial charge in [0.2, 0.25) is 0 Å². The lowest BCUT2D eigenvalue weighted by molar-refractivity contribution is -0.118. The molecule has 5 aromatic rings. The van der Waals surface area contributed by atoms with Gasteiger partial charge in [0.05, 0.1) is 11.7 Å². The van der Waals surface area contributed by atoms with Crippen molar-refractivity contribution < 1.29 is 9.53 Å². The SMILES string of the molecule is O=C(COc1ccccc1)Nc1ccc(N2C(=S)N[C@H](c3ccccn3)[C@H]2c2cccn2-c2ccccn2)cc1. The van der Waals surface area contributed by atoms with Crippen LogP contribution in [0.3, 0.4) is 0 Å². The molecule has 1 fully saturated rings. The monoisotopic (exact) mass is 546 g/mol. The molecule has 0 saturated carbocycles. The third-order valence-corrected chi connectivity index (χ3v) is 6.93. The van der Waals surface area contributed by atoms with Crippen molar-refractivity contribution in [2.45, 2.75) is 12.1 Å². The molecule has 4 heterocycles. The third-order valence-electron chi connectivity index (χ3n) is 6.62. The highest BCUT2D eigenvalue weighted by Gasteiger charge is 2.42. The van der Waals surface area contributed by atoms with Crippen molar-refractivity contribution in [1.82, 2.24) is 19.9 Å². The maximum absolute atomic E-state index is 12.5. The molecule has 0 radical (unpaired) electrons. The number of thiocarbonyl (C=S) groups is 1. The van der Waals surface area contributed by atoms with Crippen molar-refractivity contribution in [3.05, 3.63) is 133 Å². The van der Waals surface area contributed by atoms with Crippen LogP contribution in [0, 0.1) is 0 Å². The first kappa shape index (κ1) is 25.3. The van der Waals surface area contributed by atoms with Crippen LogP contribution in [0.25, 0.3) is 5.82 Å². The lowest BCUT2D eigenvalue weighted by atomic mass is 10.0. The number of pyridine rings is 2. The zero-order valence-electron chi connectivity index (χ0n) is 21.4. The average molecular weight is 547 g/mol. The number of carbonyl (C=O) groups is 1. The van der Waals surface area contributed by atoms with Crippen LogP contribution < -0.4 is 20.3 Å². The average Bonchev–Trinajstić information content (AvgIpc) is 3.62. The molecule has 3 aromatic heterocycles. The number of hydrogen-bond donors (Lipinski definition) is 2. The van der Waals surface area contributed by atoms with E-state index in [1.54, 1.807) is 12.4 Å². The van der Waals surface area contributed by atoms with Gasteiger partial charge in [-0.1, -0.05) is 30.3 Å². The predicted octanol–water partition coefficient (Wildman–Crippen LogP) is 5.46. The van der Waals surface area contributed by atoms with E-state index < -0.39 is 0 Å². The molecule has 198 valence electrons. The summed E-state index contributed by atoms with van der Waals surface area (Å²) < 4.78 is 7.63.